The molecule has 0 aromatic carbocycles. The second-order valence-electron chi connectivity index (χ2n) is 4.84. The first-order chi connectivity index (χ1) is 9.52. The Morgan fingerprint density at radius 2 is 2.30 bits per heavy atom. The summed E-state index contributed by atoms with van der Waals surface area (Å²) < 4.78 is 37.3. The van der Waals surface area contributed by atoms with Crippen molar-refractivity contribution in [1.29, 1.82) is 0 Å². The highest BCUT2D eigenvalue weighted by molar-refractivity contribution is 7.09. The highest BCUT2D eigenvalue weighted by atomic mass is 32.1. The van der Waals surface area contributed by atoms with Crippen LogP contribution in [0.3, 0.4) is 0 Å². The molecule has 0 radical (unpaired) electrons. The summed E-state index contributed by atoms with van der Waals surface area (Å²) in [5, 5.41) is 10.9. The van der Waals surface area contributed by atoms with E-state index in [1.165, 1.54) is 10.9 Å². The van der Waals surface area contributed by atoms with Gasteiger partial charge in [-0.1, -0.05) is 0 Å². The van der Waals surface area contributed by atoms with Crippen LogP contribution in [0.15, 0.2) is 11.6 Å². The van der Waals surface area contributed by atoms with Crippen LogP contribution in [-0.2, 0) is 25.6 Å². The number of aryl methyl sites for hydroxylation is 1. The number of H-pyrrole nitrogens is 1. The number of nitrogens with zero attached hydrogens (tertiary/aromatic N) is 2. The molecule has 2 heterocycles. The van der Waals surface area contributed by atoms with E-state index in [1.54, 1.807) is 0 Å². The topological polar surface area (TPSA) is 53.6 Å². The SMILES string of the molecule is FC(F)(F)c1nc(CNC2CCc3cn[nH]c3C2)cs1. The molecule has 0 bridgehead atoms. The summed E-state index contributed by atoms with van der Waals surface area (Å²) in [5.41, 5.74) is 2.79. The lowest BCUT2D eigenvalue weighted by Gasteiger charge is -2.22. The largest absolute Gasteiger partial charge is 0.443 e. The van der Waals surface area contributed by atoms with E-state index in [4.69, 9.17) is 0 Å². The Morgan fingerprint density at radius 3 is 3.05 bits per heavy atom. The molecule has 0 saturated carbocycles. The Bertz CT molecular complexity index is 590. The molecule has 0 amide bonds. The number of hydrogen-bond donors (Lipinski definition) is 2. The number of hydrogen-bond acceptors (Lipinski definition) is 4. The molecule has 1 aliphatic carbocycles. The first-order valence-corrected chi connectivity index (χ1v) is 7.16. The summed E-state index contributed by atoms with van der Waals surface area (Å²) in [5.74, 6) is 0. The molecule has 2 aromatic rings. The molecular weight excluding hydrogens is 289 g/mol. The van der Waals surface area contributed by atoms with Gasteiger partial charge in [0, 0.05) is 30.1 Å². The van der Waals surface area contributed by atoms with Gasteiger partial charge in [0.2, 0.25) is 0 Å². The standard InChI is InChI=1S/C12H13F3N4S/c13-12(14,15)11-18-9(6-20-11)5-16-8-2-1-7-4-17-19-10(7)3-8/h4,6,8,16H,1-3,5H2,(H,17,19). The summed E-state index contributed by atoms with van der Waals surface area (Å²) in [6.45, 7) is 0.362. The minimum atomic E-state index is -4.35. The summed E-state index contributed by atoms with van der Waals surface area (Å²) >= 11 is 0.641. The van der Waals surface area contributed by atoms with Crippen LogP contribution in [0.1, 0.15) is 28.4 Å². The van der Waals surface area contributed by atoms with Gasteiger partial charge < -0.3 is 5.32 Å². The molecule has 1 aliphatic rings. The monoisotopic (exact) mass is 302 g/mol. The maximum atomic E-state index is 12.4. The fourth-order valence-electron chi connectivity index (χ4n) is 2.35. The third kappa shape index (κ3) is 2.85. The van der Waals surface area contributed by atoms with Gasteiger partial charge in [-0.25, -0.2) is 4.98 Å². The average Bonchev–Trinajstić information content (AvgIpc) is 3.04. The summed E-state index contributed by atoms with van der Waals surface area (Å²) in [7, 11) is 0. The zero-order valence-corrected chi connectivity index (χ0v) is 11.3. The second-order valence-corrected chi connectivity index (χ2v) is 5.69. The molecule has 1 atom stereocenters. The lowest BCUT2D eigenvalue weighted by atomic mass is 9.94. The van der Waals surface area contributed by atoms with Crippen LogP contribution in [0.4, 0.5) is 13.2 Å². The van der Waals surface area contributed by atoms with Gasteiger partial charge in [0.25, 0.3) is 0 Å². The van der Waals surface area contributed by atoms with E-state index in [-0.39, 0.29) is 6.04 Å². The van der Waals surface area contributed by atoms with Gasteiger partial charge in [0.05, 0.1) is 11.9 Å². The Kier molecular flexibility index (Phi) is 3.51. The molecule has 1 unspecified atom stereocenters. The number of alkyl halides is 3. The maximum absolute atomic E-state index is 12.4. The van der Waals surface area contributed by atoms with Crippen molar-refractivity contribution in [2.45, 2.75) is 38.0 Å². The number of rotatable bonds is 3. The quantitative estimate of drug-likeness (QED) is 0.916. The smallest absolute Gasteiger partial charge is 0.308 e. The van der Waals surface area contributed by atoms with Crippen LogP contribution in [0.25, 0.3) is 0 Å². The molecule has 0 spiro atoms. The van der Waals surface area contributed by atoms with E-state index >= 15 is 0 Å². The van der Waals surface area contributed by atoms with Crippen molar-refractivity contribution in [3.8, 4) is 0 Å². The Hall–Kier alpha value is -1.41. The van der Waals surface area contributed by atoms with Crippen LogP contribution in [0, 0.1) is 0 Å². The third-order valence-corrected chi connectivity index (χ3v) is 4.32. The van der Waals surface area contributed by atoms with Gasteiger partial charge in [0.1, 0.15) is 0 Å². The average molecular weight is 302 g/mol. The zero-order valence-electron chi connectivity index (χ0n) is 10.5. The van der Waals surface area contributed by atoms with Gasteiger partial charge in [-0.05, 0) is 18.4 Å². The van der Waals surface area contributed by atoms with Crippen molar-refractivity contribution < 1.29 is 13.2 Å². The molecule has 108 valence electrons. The molecular formula is C12H13F3N4S. The molecule has 0 aliphatic heterocycles. The first kappa shape index (κ1) is 13.6. The maximum Gasteiger partial charge on any atom is 0.443 e. The van der Waals surface area contributed by atoms with Crippen molar-refractivity contribution >= 4 is 11.3 Å². The highest BCUT2D eigenvalue weighted by Gasteiger charge is 2.34. The van der Waals surface area contributed by atoms with Crippen molar-refractivity contribution in [3.63, 3.8) is 0 Å². The zero-order chi connectivity index (χ0) is 14.2. The summed E-state index contributed by atoms with van der Waals surface area (Å²) in [4.78, 5) is 3.61. The minimum Gasteiger partial charge on any atom is -0.308 e. The molecule has 3 rings (SSSR count). The van der Waals surface area contributed by atoms with Gasteiger partial charge >= 0.3 is 6.18 Å². The second kappa shape index (κ2) is 5.17. The molecule has 2 N–H and O–H groups in total. The van der Waals surface area contributed by atoms with E-state index in [1.807, 2.05) is 6.20 Å². The first-order valence-electron chi connectivity index (χ1n) is 6.28. The van der Waals surface area contributed by atoms with Gasteiger partial charge in [-0.3, -0.25) is 5.10 Å². The number of aromatic amines is 1. The van der Waals surface area contributed by atoms with E-state index in [2.05, 4.69) is 20.5 Å². The predicted molar refractivity (Wildman–Crippen MR) is 68.4 cm³/mol. The normalized spacial score (nSPS) is 19.1. The predicted octanol–water partition coefficient (Wildman–Crippen LogP) is 2.53. The fourth-order valence-corrected chi connectivity index (χ4v) is 3.04. The molecule has 20 heavy (non-hydrogen) atoms. The number of nitrogens with one attached hydrogen (secondary N) is 2. The van der Waals surface area contributed by atoms with Gasteiger partial charge in [0.15, 0.2) is 5.01 Å². The molecule has 8 heteroatoms. The van der Waals surface area contributed by atoms with Crippen molar-refractivity contribution in [1.82, 2.24) is 20.5 Å². The Balaban J connectivity index is 1.57. The van der Waals surface area contributed by atoms with Crippen LogP contribution in [0.2, 0.25) is 0 Å². The van der Waals surface area contributed by atoms with Gasteiger partial charge in [-0.2, -0.15) is 18.3 Å². The summed E-state index contributed by atoms with van der Waals surface area (Å²) in [6.07, 6.45) is 0.211. The number of halogens is 3. The lowest BCUT2D eigenvalue weighted by Crippen LogP contribution is -2.34. The molecule has 4 nitrogen and oxygen atoms in total. The van der Waals surface area contributed by atoms with E-state index in [0.29, 0.717) is 23.6 Å². The highest BCUT2D eigenvalue weighted by Crippen LogP contribution is 2.31. The number of aromatic nitrogens is 3. The minimum absolute atomic E-state index is 0.249. The van der Waals surface area contributed by atoms with E-state index in [9.17, 15) is 13.2 Å². The third-order valence-electron chi connectivity index (χ3n) is 3.39. The van der Waals surface area contributed by atoms with Crippen LogP contribution in [-0.4, -0.2) is 21.2 Å². The summed E-state index contributed by atoms with van der Waals surface area (Å²) in [6, 6.07) is 0.249. The Labute approximate surface area is 117 Å². The lowest BCUT2D eigenvalue weighted by molar-refractivity contribution is -0.137. The van der Waals surface area contributed by atoms with Crippen LogP contribution < -0.4 is 5.32 Å². The van der Waals surface area contributed by atoms with Crippen molar-refractivity contribution in [2.75, 3.05) is 0 Å². The Morgan fingerprint density at radius 1 is 1.45 bits per heavy atom. The van der Waals surface area contributed by atoms with Crippen molar-refractivity contribution in [3.05, 3.63) is 33.5 Å². The molecule has 0 saturated heterocycles. The van der Waals surface area contributed by atoms with Crippen molar-refractivity contribution in [2.24, 2.45) is 0 Å². The molecule has 0 fully saturated rings. The fraction of sp³-hybridized carbons (Fsp3) is 0.500. The van der Waals surface area contributed by atoms with Gasteiger partial charge in [-0.15, -0.1) is 11.3 Å². The van der Waals surface area contributed by atoms with E-state index < -0.39 is 11.2 Å². The number of thiazole rings is 1. The molecule has 2 aromatic heterocycles. The number of fused-ring (bicyclic) bond motifs is 1. The van der Waals surface area contributed by atoms with Crippen LogP contribution in [0.5, 0.6) is 0 Å². The van der Waals surface area contributed by atoms with Crippen LogP contribution >= 0.6 is 11.3 Å². The van der Waals surface area contributed by atoms with E-state index in [0.717, 1.165) is 25.0 Å².